The number of amides is 1. The molecule has 0 aromatic heterocycles. The van der Waals surface area contributed by atoms with Crippen molar-refractivity contribution in [1.29, 1.82) is 0 Å². The molecule has 0 bridgehead atoms. The Hall–Kier alpha value is -3.54. The topological polar surface area (TPSA) is 65.1 Å². The van der Waals surface area contributed by atoms with Crippen LogP contribution in [0, 0.1) is 6.92 Å². The Bertz CT molecular complexity index is 1030. The smallest absolute Gasteiger partial charge is 0.340 e. The van der Waals surface area contributed by atoms with Crippen LogP contribution >= 0.6 is 0 Å². The number of methoxy groups -OCH3 is 2. The van der Waals surface area contributed by atoms with Crippen LogP contribution in [0.25, 0.3) is 6.08 Å². The summed E-state index contributed by atoms with van der Waals surface area (Å²) in [6.45, 7) is 6.12. The highest BCUT2D eigenvalue weighted by atomic mass is 16.5. The first kappa shape index (κ1) is 21.2. The zero-order valence-electron chi connectivity index (χ0n) is 17.8. The fourth-order valence-corrected chi connectivity index (χ4v) is 3.40. The second kappa shape index (κ2) is 8.86. The van der Waals surface area contributed by atoms with Gasteiger partial charge in [-0.3, -0.25) is 9.69 Å². The zero-order chi connectivity index (χ0) is 21.8. The molecule has 0 spiro atoms. The third-order valence-electron chi connectivity index (χ3n) is 4.88. The average molecular weight is 407 g/mol. The van der Waals surface area contributed by atoms with Crippen molar-refractivity contribution in [1.82, 2.24) is 0 Å². The molecule has 30 heavy (non-hydrogen) atoms. The van der Waals surface area contributed by atoms with E-state index in [0.29, 0.717) is 35.1 Å². The summed E-state index contributed by atoms with van der Waals surface area (Å²) in [7, 11) is 2.86. The minimum Gasteiger partial charge on any atom is -0.493 e. The average Bonchev–Trinajstić information content (AvgIpc) is 2.99. The van der Waals surface area contributed by atoms with Gasteiger partial charge in [0, 0.05) is 11.4 Å². The van der Waals surface area contributed by atoms with Gasteiger partial charge in [-0.15, -0.1) is 0 Å². The number of rotatable bonds is 6. The van der Waals surface area contributed by atoms with Crippen LogP contribution in [-0.2, 0) is 14.3 Å². The fourth-order valence-electron chi connectivity index (χ4n) is 3.40. The van der Waals surface area contributed by atoms with Crippen LogP contribution in [0.2, 0.25) is 0 Å². The summed E-state index contributed by atoms with van der Waals surface area (Å²) in [5.74, 6) is 0.317. The van der Waals surface area contributed by atoms with Crippen molar-refractivity contribution < 1.29 is 23.8 Å². The van der Waals surface area contributed by atoms with E-state index in [4.69, 9.17) is 14.2 Å². The molecule has 1 heterocycles. The Kier molecular flexibility index (Phi) is 6.26. The highest BCUT2D eigenvalue weighted by Gasteiger charge is 2.37. The maximum atomic E-state index is 13.3. The lowest BCUT2D eigenvalue weighted by atomic mass is 10.0. The van der Waals surface area contributed by atoms with Crippen molar-refractivity contribution in [3.8, 4) is 11.5 Å². The van der Waals surface area contributed by atoms with Crippen LogP contribution < -0.4 is 14.4 Å². The third kappa shape index (κ3) is 3.94. The van der Waals surface area contributed by atoms with E-state index in [1.54, 1.807) is 32.2 Å². The van der Waals surface area contributed by atoms with Crippen LogP contribution in [0.4, 0.5) is 5.69 Å². The molecule has 2 aromatic rings. The van der Waals surface area contributed by atoms with Crippen molar-refractivity contribution in [3.63, 3.8) is 0 Å². The van der Waals surface area contributed by atoms with Gasteiger partial charge in [0.1, 0.15) is 0 Å². The molecule has 6 heteroatoms. The quantitative estimate of drug-likeness (QED) is 0.528. The summed E-state index contributed by atoms with van der Waals surface area (Å²) < 4.78 is 15.9. The maximum Gasteiger partial charge on any atom is 0.340 e. The van der Waals surface area contributed by atoms with Gasteiger partial charge in [-0.05, 0) is 56.7 Å². The second-order valence-corrected chi connectivity index (χ2v) is 6.83. The zero-order valence-corrected chi connectivity index (χ0v) is 17.8. The maximum absolute atomic E-state index is 13.3. The largest absolute Gasteiger partial charge is 0.493 e. The Labute approximate surface area is 176 Å². The van der Waals surface area contributed by atoms with E-state index in [9.17, 15) is 9.59 Å². The van der Waals surface area contributed by atoms with E-state index < -0.39 is 5.97 Å². The minimum absolute atomic E-state index is 0.246. The van der Waals surface area contributed by atoms with Crippen LogP contribution in [0.3, 0.4) is 0 Å². The Morgan fingerprint density at radius 3 is 2.33 bits per heavy atom. The second-order valence-electron chi connectivity index (χ2n) is 6.83. The summed E-state index contributed by atoms with van der Waals surface area (Å²) in [6.07, 6.45) is 1.67. The Morgan fingerprint density at radius 1 is 1.03 bits per heavy atom. The molecule has 0 saturated carbocycles. The SMILES string of the molecule is CCOc1ccc(/C=C2\C(=O)N(c3ccc(C)cc3)C(C)=C2C(=O)OC)cc1OC. The van der Waals surface area contributed by atoms with Crippen LogP contribution in [0.1, 0.15) is 25.0 Å². The van der Waals surface area contributed by atoms with Crippen molar-refractivity contribution in [3.05, 3.63) is 70.4 Å². The lowest BCUT2D eigenvalue weighted by Crippen LogP contribution is -2.24. The number of allylic oxidation sites excluding steroid dienone is 1. The lowest BCUT2D eigenvalue weighted by Gasteiger charge is -2.18. The number of anilines is 1. The summed E-state index contributed by atoms with van der Waals surface area (Å²) in [5.41, 5.74) is 3.52. The molecule has 156 valence electrons. The van der Waals surface area contributed by atoms with Gasteiger partial charge in [0.25, 0.3) is 5.91 Å². The van der Waals surface area contributed by atoms with Gasteiger partial charge in [0.15, 0.2) is 11.5 Å². The van der Waals surface area contributed by atoms with Crippen molar-refractivity contribution in [2.24, 2.45) is 0 Å². The molecule has 0 radical (unpaired) electrons. The summed E-state index contributed by atoms with van der Waals surface area (Å²) in [6, 6.07) is 12.9. The molecule has 0 fully saturated rings. The number of benzene rings is 2. The molecule has 3 rings (SSSR count). The van der Waals surface area contributed by atoms with Gasteiger partial charge >= 0.3 is 5.97 Å². The molecule has 6 nitrogen and oxygen atoms in total. The number of aryl methyl sites for hydroxylation is 1. The first-order valence-electron chi connectivity index (χ1n) is 9.64. The Balaban J connectivity index is 2.09. The number of esters is 1. The van der Waals surface area contributed by atoms with Crippen molar-refractivity contribution in [2.45, 2.75) is 20.8 Å². The molecule has 1 aliphatic heterocycles. The lowest BCUT2D eigenvalue weighted by molar-refractivity contribution is -0.136. The number of hydrogen-bond donors (Lipinski definition) is 0. The molecule has 2 aromatic carbocycles. The molecular formula is C24H25NO5. The normalized spacial score (nSPS) is 15.0. The van der Waals surface area contributed by atoms with Gasteiger partial charge in [-0.2, -0.15) is 0 Å². The van der Waals surface area contributed by atoms with Gasteiger partial charge in [-0.1, -0.05) is 23.8 Å². The van der Waals surface area contributed by atoms with E-state index >= 15 is 0 Å². The molecule has 1 aliphatic rings. The van der Waals surface area contributed by atoms with Crippen molar-refractivity contribution in [2.75, 3.05) is 25.7 Å². The summed E-state index contributed by atoms with van der Waals surface area (Å²) >= 11 is 0. The highest BCUT2D eigenvalue weighted by Crippen LogP contribution is 2.36. The summed E-state index contributed by atoms with van der Waals surface area (Å²) in [5, 5.41) is 0. The van der Waals surface area contributed by atoms with Crippen LogP contribution in [0.5, 0.6) is 11.5 Å². The molecule has 0 aliphatic carbocycles. The number of carbonyl (C=O) groups is 2. The minimum atomic E-state index is -0.556. The predicted molar refractivity (Wildman–Crippen MR) is 116 cm³/mol. The van der Waals surface area contributed by atoms with Gasteiger partial charge < -0.3 is 14.2 Å². The monoisotopic (exact) mass is 407 g/mol. The number of ether oxygens (including phenoxy) is 3. The number of nitrogens with zero attached hydrogens (tertiary/aromatic N) is 1. The van der Waals surface area contributed by atoms with E-state index in [-0.39, 0.29) is 17.1 Å². The van der Waals surface area contributed by atoms with Crippen LogP contribution in [-0.4, -0.2) is 32.7 Å². The molecule has 0 N–H and O–H groups in total. The molecule has 1 amide bonds. The van der Waals surface area contributed by atoms with Gasteiger partial charge in [-0.25, -0.2) is 4.79 Å². The molecule has 0 atom stereocenters. The first-order chi connectivity index (χ1) is 14.4. The number of carbonyl (C=O) groups excluding carboxylic acids is 2. The molecule has 0 unspecified atom stereocenters. The van der Waals surface area contributed by atoms with Gasteiger partial charge in [0.05, 0.1) is 32.0 Å². The Morgan fingerprint density at radius 2 is 1.73 bits per heavy atom. The summed E-state index contributed by atoms with van der Waals surface area (Å²) in [4.78, 5) is 27.4. The first-order valence-corrected chi connectivity index (χ1v) is 9.64. The standard InChI is InChI=1S/C24H25NO5/c1-6-30-20-12-9-17(14-21(20)28-4)13-19-22(24(27)29-5)16(3)25(23(19)26)18-10-7-15(2)8-11-18/h7-14H,6H2,1-5H3/b19-13-. The molecule has 0 saturated heterocycles. The predicted octanol–water partition coefficient (Wildman–Crippen LogP) is 4.28. The van der Waals surface area contributed by atoms with E-state index in [1.165, 1.54) is 12.0 Å². The highest BCUT2D eigenvalue weighted by molar-refractivity contribution is 6.23. The van der Waals surface area contributed by atoms with Gasteiger partial charge in [0.2, 0.25) is 0 Å². The van der Waals surface area contributed by atoms with Crippen molar-refractivity contribution >= 4 is 23.6 Å². The van der Waals surface area contributed by atoms with E-state index in [2.05, 4.69) is 0 Å². The molecular weight excluding hydrogens is 382 g/mol. The third-order valence-corrected chi connectivity index (χ3v) is 4.88. The van der Waals surface area contributed by atoms with E-state index in [1.807, 2.05) is 44.2 Å². The fraction of sp³-hybridized carbons (Fsp3) is 0.250. The van der Waals surface area contributed by atoms with E-state index in [0.717, 1.165) is 5.56 Å². The number of hydrogen-bond acceptors (Lipinski definition) is 5. The van der Waals surface area contributed by atoms with Crippen LogP contribution in [0.15, 0.2) is 59.3 Å².